The molecule has 0 saturated heterocycles. The van der Waals surface area contributed by atoms with Crippen LogP contribution in [0.4, 0.5) is 4.79 Å². The number of nitrogens with zero attached hydrogens (tertiary/aromatic N) is 1. The van der Waals surface area contributed by atoms with Crippen molar-refractivity contribution < 1.29 is 19.1 Å². The zero-order chi connectivity index (χ0) is 12.3. The molecule has 2 saturated carbocycles. The molecule has 2 rings (SSSR count). The number of carbonyl (C=O) groups excluding carboxylic acids is 2. The first-order valence-electron chi connectivity index (χ1n) is 5.87. The molecule has 5 nitrogen and oxygen atoms in total. The molecule has 0 aliphatic heterocycles. The van der Waals surface area contributed by atoms with E-state index in [4.69, 9.17) is 9.47 Å². The number of fused-ring (bicyclic) bond motifs is 1. The van der Waals surface area contributed by atoms with Crippen LogP contribution in [0.3, 0.4) is 0 Å². The summed E-state index contributed by atoms with van der Waals surface area (Å²) in [6.45, 7) is 4.00. The molecular formula is C12H17NO4. The van der Waals surface area contributed by atoms with E-state index in [9.17, 15) is 9.59 Å². The largest absolute Gasteiger partial charge is 0.446 e. The summed E-state index contributed by atoms with van der Waals surface area (Å²) in [6, 6.07) is 0.164. The van der Waals surface area contributed by atoms with E-state index in [1.54, 1.807) is 0 Å². The van der Waals surface area contributed by atoms with Gasteiger partial charge in [-0.05, 0) is 31.1 Å². The van der Waals surface area contributed by atoms with Gasteiger partial charge in [-0.15, -0.1) is 0 Å². The van der Waals surface area contributed by atoms with Crippen molar-refractivity contribution in [3.63, 3.8) is 0 Å². The average Bonchev–Trinajstić information content (AvgIpc) is 3.01. The summed E-state index contributed by atoms with van der Waals surface area (Å²) in [5, 5.41) is 0. The normalized spacial score (nSPS) is 29.1. The molecule has 0 aromatic heterocycles. The Morgan fingerprint density at radius 2 is 2.29 bits per heavy atom. The van der Waals surface area contributed by atoms with Crippen molar-refractivity contribution in [2.75, 3.05) is 13.3 Å². The molecule has 0 N–H and O–H groups in total. The third kappa shape index (κ3) is 2.60. The van der Waals surface area contributed by atoms with E-state index < -0.39 is 6.09 Å². The van der Waals surface area contributed by atoms with Crippen molar-refractivity contribution in [1.82, 2.24) is 4.90 Å². The quantitative estimate of drug-likeness (QED) is 0.401. The predicted molar refractivity (Wildman–Crippen MR) is 60.0 cm³/mol. The third-order valence-electron chi connectivity index (χ3n) is 3.55. The van der Waals surface area contributed by atoms with Gasteiger partial charge in [0.25, 0.3) is 6.47 Å². The van der Waals surface area contributed by atoms with Crippen molar-refractivity contribution in [3.05, 3.63) is 12.7 Å². The Labute approximate surface area is 100 Å². The van der Waals surface area contributed by atoms with Gasteiger partial charge in [-0.3, -0.25) is 9.69 Å². The molecule has 1 amide bonds. The Morgan fingerprint density at radius 1 is 1.47 bits per heavy atom. The van der Waals surface area contributed by atoms with Gasteiger partial charge in [-0.25, -0.2) is 4.79 Å². The summed E-state index contributed by atoms with van der Waals surface area (Å²) < 4.78 is 9.70. The lowest BCUT2D eigenvalue weighted by Crippen LogP contribution is -2.42. The van der Waals surface area contributed by atoms with Crippen molar-refractivity contribution in [3.8, 4) is 0 Å². The summed E-state index contributed by atoms with van der Waals surface area (Å²) in [5.41, 5.74) is 0. The van der Waals surface area contributed by atoms with Crippen LogP contribution in [0.2, 0.25) is 0 Å². The molecule has 3 unspecified atom stereocenters. The number of hydrogen-bond donors (Lipinski definition) is 0. The molecule has 0 radical (unpaired) electrons. The molecule has 5 heteroatoms. The fourth-order valence-corrected chi connectivity index (χ4v) is 2.67. The van der Waals surface area contributed by atoms with Crippen LogP contribution in [0.1, 0.15) is 19.3 Å². The Bertz CT molecular complexity index is 318. The van der Waals surface area contributed by atoms with Gasteiger partial charge in [0, 0.05) is 6.04 Å². The van der Waals surface area contributed by atoms with Gasteiger partial charge in [0.1, 0.15) is 6.61 Å². The van der Waals surface area contributed by atoms with E-state index in [-0.39, 0.29) is 19.4 Å². The third-order valence-corrected chi connectivity index (χ3v) is 3.55. The van der Waals surface area contributed by atoms with Gasteiger partial charge in [-0.2, -0.15) is 0 Å². The highest BCUT2D eigenvalue weighted by Gasteiger charge is 2.51. The first-order chi connectivity index (χ1) is 8.27. The first-order valence-corrected chi connectivity index (χ1v) is 5.87. The molecule has 0 aromatic carbocycles. The summed E-state index contributed by atoms with van der Waals surface area (Å²) in [6.07, 6.45) is 4.40. The van der Waals surface area contributed by atoms with Crippen LogP contribution in [0.5, 0.6) is 0 Å². The van der Waals surface area contributed by atoms with Crippen molar-refractivity contribution in [2.24, 2.45) is 11.8 Å². The highest BCUT2D eigenvalue weighted by Crippen LogP contribution is 2.53. The monoisotopic (exact) mass is 239 g/mol. The number of carbonyl (C=O) groups is 2. The van der Waals surface area contributed by atoms with Crippen molar-refractivity contribution in [1.29, 1.82) is 0 Å². The summed E-state index contributed by atoms with van der Waals surface area (Å²) in [7, 11) is 0. The zero-order valence-corrected chi connectivity index (χ0v) is 9.71. The maximum atomic E-state index is 11.8. The maximum absolute atomic E-state index is 11.8. The number of rotatable bonds is 6. The van der Waals surface area contributed by atoms with Crippen LogP contribution < -0.4 is 0 Å². The second-order valence-electron chi connectivity index (χ2n) is 4.53. The molecule has 3 atom stereocenters. The fourth-order valence-electron chi connectivity index (χ4n) is 2.67. The van der Waals surface area contributed by atoms with Crippen LogP contribution in [-0.2, 0) is 14.3 Å². The summed E-state index contributed by atoms with van der Waals surface area (Å²) >= 11 is 0. The van der Waals surface area contributed by atoms with Crippen molar-refractivity contribution in [2.45, 2.75) is 25.3 Å². The molecule has 0 aromatic rings. The average molecular weight is 239 g/mol. The Morgan fingerprint density at radius 3 is 2.82 bits per heavy atom. The summed E-state index contributed by atoms with van der Waals surface area (Å²) in [4.78, 5) is 23.6. The van der Waals surface area contributed by atoms with Crippen LogP contribution in [0.25, 0.3) is 0 Å². The Hall–Kier alpha value is -1.52. The molecule has 94 valence electrons. The topological polar surface area (TPSA) is 55.8 Å². The van der Waals surface area contributed by atoms with Gasteiger partial charge in [0.15, 0.2) is 6.73 Å². The van der Waals surface area contributed by atoms with Gasteiger partial charge < -0.3 is 9.47 Å². The molecule has 2 aliphatic rings. The van der Waals surface area contributed by atoms with Crippen LogP contribution in [-0.4, -0.2) is 36.8 Å². The van der Waals surface area contributed by atoms with Crippen LogP contribution in [0.15, 0.2) is 12.7 Å². The number of hydrogen-bond acceptors (Lipinski definition) is 4. The minimum Gasteiger partial charge on any atom is -0.446 e. The highest BCUT2D eigenvalue weighted by atomic mass is 16.6. The predicted octanol–water partition coefficient (Wildman–Crippen LogP) is 1.54. The molecular weight excluding hydrogens is 222 g/mol. The van der Waals surface area contributed by atoms with Crippen LogP contribution in [0, 0.1) is 11.8 Å². The van der Waals surface area contributed by atoms with Gasteiger partial charge in [0.05, 0.1) is 0 Å². The smallest absolute Gasteiger partial charge is 0.413 e. The second kappa shape index (κ2) is 5.21. The SMILES string of the molecule is C=CCOC(=O)N(COC=O)C1CCC2CC21. The second-order valence-corrected chi connectivity index (χ2v) is 4.53. The van der Waals surface area contributed by atoms with Crippen molar-refractivity contribution >= 4 is 12.6 Å². The summed E-state index contributed by atoms with van der Waals surface area (Å²) in [5.74, 6) is 1.33. The fraction of sp³-hybridized carbons (Fsp3) is 0.667. The van der Waals surface area contributed by atoms with E-state index in [1.807, 2.05) is 0 Å². The zero-order valence-electron chi connectivity index (χ0n) is 9.71. The van der Waals surface area contributed by atoms with E-state index in [1.165, 1.54) is 17.4 Å². The Kier molecular flexibility index (Phi) is 3.66. The standard InChI is InChI=1S/C12H17NO4/c1-2-5-17-12(15)13(7-16-8-14)11-4-3-9-6-10(9)11/h2,8-11H,1,3-7H2. The minimum atomic E-state index is -0.427. The molecule has 0 bridgehead atoms. The van der Waals surface area contributed by atoms with E-state index >= 15 is 0 Å². The van der Waals surface area contributed by atoms with Gasteiger partial charge in [0.2, 0.25) is 0 Å². The Balaban J connectivity index is 1.93. The number of amides is 1. The maximum Gasteiger partial charge on any atom is 0.413 e. The lowest BCUT2D eigenvalue weighted by molar-refractivity contribution is -0.133. The molecule has 2 aliphatic carbocycles. The van der Waals surface area contributed by atoms with Crippen LogP contribution >= 0.6 is 0 Å². The van der Waals surface area contributed by atoms with E-state index in [2.05, 4.69) is 6.58 Å². The minimum absolute atomic E-state index is 0.0205. The highest BCUT2D eigenvalue weighted by molar-refractivity contribution is 5.68. The lowest BCUT2D eigenvalue weighted by Gasteiger charge is -2.27. The van der Waals surface area contributed by atoms with Gasteiger partial charge >= 0.3 is 6.09 Å². The first kappa shape index (κ1) is 12.0. The molecule has 0 heterocycles. The molecule has 17 heavy (non-hydrogen) atoms. The lowest BCUT2D eigenvalue weighted by atomic mass is 10.1. The number of ether oxygens (including phenoxy) is 2. The van der Waals surface area contributed by atoms with E-state index in [0.717, 1.165) is 18.8 Å². The van der Waals surface area contributed by atoms with Gasteiger partial charge in [-0.1, -0.05) is 12.7 Å². The molecule has 0 spiro atoms. The molecule has 2 fully saturated rings. The van der Waals surface area contributed by atoms with E-state index in [0.29, 0.717) is 12.4 Å².